The molecule has 2 aromatic rings. The molecule has 0 spiro atoms. The quantitative estimate of drug-likeness (QED) is 0.679. The van der Waals surface area contributed by atoms with Gasteiger partial charge >= 0.3 is 6.03 Å². The van der Waals surface area contributed by atoms with Gasteiger partial charge in [-0.2, -0.15) is 0 Å². The molecule has 3 N–H and O–H groups in total. The fourth-order valence-electron chi connectivity index (χ4n) is 3.09. The van der Waals surface area contributed by atoms with Crippen molar-refractivity contribution in [1.29, 1.82) is 0 Å². The molecule has 1 aromatic heterocycles. The zero-order valence-electron chi connectivity index (χ0n) is 15.0. The minimum atomic E-state index is -3.52. The Balaban J connectivity index is 1.48. The average molecular weight is 388 g/mol. The summed E-state index contributed by atoms with van der Waals surface area (Å²) in [5, 5.41) is 5.46. The summed E-state index contributed by atoms with van der Waals surface area (Å²) in [6.07, 6.45) is 8.05. The van der Waals surface area contributed by atoms with E-state index in [1.54, 1.807) is 24.5 Å². The molecule has 1 saturated carbocycles. The van der Waals surface area contributed by atoms with Crippen molar-refractivity contribution in [2.75, 3.05) is 11.9 Å². The van der Waals surface area contributed by atoms with Crippen molar-refractivity contribution < 1.29 is 13.2 Å². The molecule has 1 aliphatic carbocycles. The Morgan fingerprint density at radius 3 is 2.52 bits per heavy atom. The van der Waals surface area contributed by atoms with Gasteiger partial charge in [0.2, 0.25) is 10.0 Å². The number of nitrogens with zero attached hydrogens (tertiary/aromatic N) is 1. The van der Waals surface area contributed by atoms with Gasteiger partial charge in [0.05, 0.1) is 4.90 Å². The van der Waals surface area contributed by atoms with Gasteiger partial charge < -0.3 is 10.6 Å². The Labute approximate surface area is 159 Å². The first kappa shape index (κ1) is 19.3. The first-order chi connectivity index (χ1) is 13.0. The van der Waals surface area contributed by atoms with Gasteiger partial charge in [-0.3, -0.25) is 4.98 Å². The molecule has 1 aromatic carbocycles. The van der Waals surface area contributed by atoms with Crippen molar-refractivity contribution in [1.82, 2.24) is 15.0 Å². The fourth-order valence-corrected chi connectivity index (χ4v) is 4.40. The van der Waals surface area contributed by atoms with Gasteiger partial charge in [-0.15, -0.1) is 0 Å². The van der Waals surface area contributed by atoms with Crippen LogP contribution in [0.15, 0.2) is 53.7 Å². The van der Waals surface area contributed by atoms with Crippen LogP contribution in [-0.2, 0) is 16.4 Å². The number of carbonyl (C=O) groups excluding carboxylic acids is 1. The topological polar surface area (TPSA) is 100 Å². The number of sulfonamides is 1. The molecule has 0 saturated heterocycles. The van der Waals surface area contributed by atoms with Gasteiger partial charge in [0.1, 0.15) is 0 Å². The molecule has 2 amide bonds. The van der Waals surface area contributed by atoms with Crippen molar-refractivity contribution in [2.45, 2.75) is 43.0 Å². The zero-order chi connectivity index (χ0) is 19.1. The van der Waals surface area contributed by atoms with Crippen LogP contribution in [0.2, 0.25) is 0 Å². The zero-order valence-corrected chi connectivity index (χ0v) is 15.8. The summed E-state index contributed by atoms with van der Waals surface area (Å²) >= 11 is 0. The lowest BCUT2D eigenvalue weighted by molar-refractivity contribution is 0.252. The Bertz CT molecular complexity index is 848. The van der Waals surface area contributed by atoms with E-state index in [1.807, 2.05) is 12.1 Å². The largest absolute Gasteiger partial charge is 0.338 e. The summed E-state index contributed by atoms with van der Waals surface area (Å²) in [5.74, 6) is 0. The monoisotopic (exact) mass is 388 g/mol. The highest BCUT2D eigenvalue weighted by atomic mass is 32.2. The Kier molecular flexibility index (Phi) is 6.41. The van der Waals surface area contributed by atoms with Crippen molar-refractivity contribution in [3.05, 3.63) is 54.4 Å². The molecular weight excluding hydrogens is 364 g/mol. The predicted molar refractivity (Wildman–Crippen MR) is 104 cm³/mol. The summed E-state index contributed by atoms with van der Waals surface area (Å²) in [4.78, 5) is 16.2. The highest BCUT2D eigenvalue weighted by Crippen LogP contribution is 2.21. The molecule has 1 fully saturated rings. The van der Waals surface area contributed by atoms with Crippen LogP contribution < -0.4 is 15.4 Å². The molecule has 1 aliphatic rings. The maximum atomic E-state index is 12.4. The van der Waals surface area contributed by atoms with Crippen LogP contribution in [0.1, 0.15) is 31.2 Å². The molecule has 1 heterocycles. The number of hydrogen-bond acceptors (Lipinski definition) is 4. The lowest BCUT2D eigenvalue weighted by Gasteiger charge is -2.13. The number of anilines is 1. The summed E-state index contributed by atoms with van der Waals surface area (Å²) in [5.41, 5.74) is 1.58. The SMILES string of the molecule is O=C(NCCc1cccnc1)Nc1ccc(S(=O)(=O)NC2CCCC2)cc1. The number of benzene rings is 1. The van der Waals surface area contributed by atoms with E-state index in [0.29, 0.717) is 18.7 Å². The number of carbonyl (C=O) groups is 1. The Morgan fingerprint density at radius 1 is 1.11 bits per heavy atom. The average Bonchev–Trinajstić information content (AvgIpc) is 3.15. The molecule has 144 valence electrons. The normalized spacial score (nSPS) is 14.8. The molecule has 27 heavy (non-hydrogen) atoms. The van der Waals surface area contributed by atoms with Crippen LogP contribution >= 0.6 is 0 Å². The predicted octanol–water partition coefficient (Wildman–Crippen LogP) is 2.67. The second-order valence-corrected chi connectivity index (χ2v) is 8.33. The van der Waals surface area contributed by atoms with E-state index >= 15 is 0 Å². The number of urea groups is 1. The Morgan fingerprint density at radius 2 is 1.85 bits per heavy atom. The second-order valence-electron chi connectivity index (χ2n) is 6.62. The number of rotatable bonds is 7. The number of pyridine rings is 1. The van der Waals surface area contributed by atoms with Crippen molar-refractivity contribution in [3.8, 4) is 0 Å². The van der Waals surface area contributed by atoms with E-state index in [9.17, 15) is 13.2 Å². The number of aromatic nitrogens is 1. The lowest BCUT2D eigenvalue weighted by Crippen LogP contribution is -2.32. The number of amides is 2. The van der Waals surface area contributed by atoms with Gasteiger partial charge in [-0.1, -0.05) is 18.9 Å². The van der Waals surface area contributed by atoms with Crippen molar-refractivity contribution >= 4 is 21.7 Å². The molecule has 0 unspecified atom stereocenters. The maximum absolute atomic E-state index is 12.4. The van der Waals surface area contributed by atoms with Crippen molar-refractivity contribution in [3.63, 3.8) is 0 Å². The molecule has 0 radical (unpaired) electrons. The third kappa shape index (κ3) is 5.77. The number of hydrogen-bond donors (Lipinski definition) is 3. The van der Waals surface area contributed by atoms with E-state index in [2.05, 4.69) is 20.3 Å². The molecule has 3 rings (SSSR count). The third-order valence-electron chi connectivity index (χ3n) is 4.52. The van der Waals surface area contributed by atoms with Crippen LogP contribution in [0.3, 0.4) is 0 Å². The molecule has 8 heteroatoms. The third-order valence-corrected chi connectivity index (χ3v) is 6.06. The van der Waals surface area contributed by atoms with E-state index in [1.165, 1.54) is 12.1 Å². The molecular formula is C19H24N4O3S. The van der Waals surface area contributed by atoms with Gasteiger partial charge in [0, 0.05) is 30.7 Å². The molecule has 0 atom stereocenters. The van der Waals surface area contributed by atoms with Crippen LogP contribution in [0.4, 0.5) is 10.5 Å². The van der Waals surface area contributed by atoms with E-state index in [4.69, 9.17) is 0 Å². The first-order valence-electron chi connectivity index (χ1n) is 9.09. The standard InChI is InChI=1S/C19H24N4O3S/c24-19(21-13-11-15-4-3-12-20-14-15)22-16-7-9-18(10-8-16)27(25,26)23-17-5-1-2-6-17/h3-4,7-10,12,14,17,23H,1-2,5-6,11,13H2,(H2,21,22,24). The second kappa shape index (κ2) is 8.96. The van der Waals surface area contributed by atoms with Gasteiger partial charge in [0.15, 0.2) is 0 Å². The summed E-state index contributed by atoms with van der Waals surface area (Å²) in [6.45, 7) is 0.481. The minimum Gasteiger partial charge on any atom is -0.338 e. The van der Waals surface area contributed by atoms with Gasteiger partial charge in [0.25, 0.3) is 0 Å². The molecule has 0 aliphatic heterocycles. The minimum absolute atomic E-state index is 0.0263. The van der Waals surface area contributed by atoms with Crippen LogP contribution in [0, 0.1) is 0 Å². The van der Waals surface area contributed by atoms with Gasteiger partial charge in [-0.05, 0) is 55.2 Å². The highest BCUT2D eigenvalue weighted by Gasteiger charge is 2.22. The van der Waals surface area contributed by atoms with Gasteiger partial charge in [-0.25, -0.2) is 17.9 Å². The fraction of sp³-hybridized carbons (Fsp3) is 0.368. The summed E-state index contributed by atoms with van der Waals surface area (Å²) in [6, 6.07) is 9.67. The van der Waals surface area contributed by atoms with Crippen molar-refractivity contribution in [2.24, 2.45) is 0 Å². The van der Waals surface area contributed by atoms with Crippen LogP contribution in [0.5, 0.6) is 0 Å². The summed E-state index contributed by atoms with van der Waals surface area (Å²) < 4.78 is 27.5. The van der Waals surface area contributed by atoms with E-state index in [-0.39, 0.29) is 17.0 Å². The smallest absolute Gasteiger partial charge is 0.319 e. The van der Waals surface area contributed by atoms with E-state index < -0.39 is 10.0 Å². The summed E-state index contributed by atoms with van der Waals surface area (Å²) in [7, 11) is -3.52. The Hall–Kier alpha value is -2.45. The lowest BCUT2D eigenvalue weighted by atomic mass is 10.2. The van der Waals surface area contributed by atoms with Crippen LogP contribution in [0.25, 0.3) is 0 Å². The maximum Gasteiger partial charge on any atom is 0.319 e. The van der Waals surface area contributed by atoms with Crippen LogP contribution in [-0.4, -0.2) is 32.0 Å². The number of nitrogens with one attached hydrogen (secondary N) is 3. The first-order valence-corrected chi connectivity index (χ1v) is 10.6. The molecule has 0 bridgehead atoms. The molecule has 7 nitrogen and oxygen atoms in total. The highest BCUT2D eigenvalue weighted by molar-refractivity contribution is 7.89. The van der Waals surface area contributed by atoms with E-state index in [0.717, 1.165) is 31.2 Å².